The van der Waals surface area contributed by atoms with Crippen molar-refractivity contribution in [3.63, 3.8) is 0 Å². The minimum atomic E-state index is 0.203. The van der Waals surface area contributed by atoms with E-state index >= 15 is 0 Å². The Bertz CT molecular complexity index is 253. The number of nitrogens with one attached hydrogen (secondary N) is 2. The van der Waals surface area contributed by atoms with Crippen molar-refractivity contribution >= 4 is 5.91 Å². The Morgan fingerprint density at radius 3 is 1.84 bits per heavy atom. The number of hydrogen-bond donors (Lipinski definition) is 2. The highest BCUT2D eigenvalue weighted by Gasteiger charge is 2.17. The Balaban J connectivity index is 1.61. The van der Waals surface area contributed by atoms with Crippen molar-refractivity contribution in [3.8, 4) is 0 Å². The first-order chi connectivity index (χ1) is 9.34. The molecule has 0 aromatic carbocycles. The van der Waals surface area contributed by atoms with Gasteiger partial charge in [-0.15, -0.1) is 0 Å². The van der Waals surface area contributed by atoms with Gasteiger partial charge < -0.3 is 10.6 Å². The van der Waals surface area contributed by atoms with E-state index < -0.39 is 0 Å². The van der Waals surface area contributed by atoms with Gasteiger partial charge in [0, 0.05) is 12.1 Å². The molecule has 2 saturated carbocycles. The zero-order valence-electron chi connectivity index (χ0n) is 12.3. The molecule has 19 heavy (non-hydrogen) atoms. The van der Waals surface area contributed by atoms with Gasteiger partial charge in [0.25, 0.3) is 0 Å². The molecule has 0 aromatic rings. The Hall–Kier alpha value is -0.570. The molecule has 0 unspecified atom stereocenters. The van der Waals surface area contributed by atoms with E-state index in [1.165, 1.54) is 77.0 Å². The standard InChI is InChI=1S/C16H30N2O/c19-16(18-15-11-7-4-8-12-15)13-17-14-9-5-2-1-3-6-10-14/h14-15,17H,1-13H2,(H,18,19). The second-order valence-corrected chi connectivity index (χ2v) is 6.33. The summed E-state index contributed by atoms with van der Waals surface area (Å²) in [5.41, 5.74) is 0. The molecule has 0 aliphatic heterocycles. The fraction of sp³-hybridized carbons (Fsp3) is 0.938. The van der Waals surface area contributed by atoms with Crippen molar-refractivity contribution in [2.75, 3.05) is 6.54 Å². The van der Waals surface area contributed by atoms with Crippen LogP contribution in [0.3, 0.4) is 0 Å². The van der Waals surface area contributed by atoms with E-state index in [9.17, 15) is 4.79 Å². The highest BCUT2D eigenvalue weighted by Crippen LogP contribution is 2.18. The first-order valence-electron chi connectivity index (χ1n) is 8.37. The normalized spacial score (nSPS) is 23.6. The van der Waals surface area contributed by atoms with Crippen LogP contribution in [0.1, 0.15) is 77.0 Å². The number of amides is 1. The zero-order valence-corrected chi connectivity index (χ0v) is 12.3. The van der Waals surface area contributed by atoms with Crippen LogP contribution in [0.5, 0.6) is 0 Å². The summed E-state index contributed by atoms with van der Waals surface area (Å²) in [6.45, 7) is 0.515. The lowest BCUT2D eigenvalue weighted by Gasteiger charge is -2.24. The summed E-state index contributed by atoms with van der Waals surface area (Å²) >= 11 is 0. The van der Waals surface area contributed by atoms with Gasteiger partial charge in [-0.1, -0.05) is 51.4 Å². The van der Waals surface area contributed by atoms with Gasteiger partial charge in [0.2, 0.25) is 5.91 Å². The fourth-order valence-corrected chi connectivity index (χ4v) is 3.42. The van der Waals surface area contributed by atoms with Gasteiger partial charge in [-0.25, -0.2) is 0 Å². The summed E-state index contributed by atoms with van der Waals surface area (Å²) in [5, 5.41) is 6.65. The largest absolute Gasteiger partial charge is 0.352 e. The highest BCUT2D eigenvalue weighted by atomic mass is 16.1. The molecular weight excluding hydrogens is 236 g/mol. The van der Waals surface area contributed by atoms with Crippen molar-refractivity contribution in [2.24, 2.45) is 0 Å². The molecule has 0 radical (unpaired) electrons. The Kier molecular flexibility index (Phi) is 6.69. The lowest BCUT2D eigenvalue weighted by molar-refractivity contribution is -0.121. The molecule has 2 fully saturated rings. The molecule has 0 heterocycles. The van der Waals surface area contributed by atoms with E-state index in [1.54, 1.807) is 0 Å². The van der Waals surface area contributed by atoms with Crippen LogP contribution in [-0.2, 0) is 4.79 Å². The molecule has 0 bridgehead atoms. The van der Waals surface area contributed by atoms with Crippen LogP contribution in [0.15, 0.2) is 0 Å². The van der Waals surface area contributed by atoms with Gasteiger partial charge in [-0.3, -0.25) is 4.79 Å². The molecule has 2 rings (SSSR count). The molecule has 1 amide bonds. The molecule has 110 valence electrons. The molecule has 2 aliphatic rings. The van der Waals surface area contributed by atoms with Gasteiger partial charge >= 0.3 is 0 Å². The first-order valence-corrected chi connectivity index (χ1v) is 8.37. The number of hydrogen-bond acceptors (Lipinski definition) is 2. The Morgan fingerprint density at radius 2 is 1.21 bits per heavy atom. The molecule has 0 spiro atoms. The molecule has 3 heteroatoms. The number of carbonyl (C=O) groups is 1. The molecule has 2 N–H and O–H groups in total. The second kappa shape index (κ2) is 8.57. The first kappa shape index (κ1) is 14.8. The third kappa shape index (κ3) is 5.94. The average Bonchev–Trinajstić information content (AvgIpc) is 2.38. The molecule has 3 nitrogen and oxygen atoms in total. The second-order valence-electron chi connectivity index (χ2n) is 6.33. The summed E-state index contributed by atoms with van der Waals surface area (Å²) in [6, 6.07) is 1.01. The van der Waals surface area contributed by atoms with Crippen molar-refractivity contribution in [1.29, 1.82) is 0 Å². The number of carbonyl (C=O) groups excluding carboxylic acids is 1. The third-order valence-electron chi connectivity index (χ3n) is 4.63. The lowest BCUT2D eigenvalue weighted by atomic mass is 9.95. The predicted molar refractivity (Wildman–Crippen MR) is 79.1 cm³/mol. The van der Waals surface area contributed by atoms with Crippen LogP contribution in [0.4, 0.5) is 0 Å². The monoisotopic (exact) mass is 266 g/mol. The summed E-state index contributed by atoms with van der Waals surface area (Å²) in [6.07, 6.45) is 15.5. The Morgan fingerprint density at radius 1 is 0.737 bits per heavy atom. The van der Waals surface area contributed by atoms with E-state index in [1.807, 2.05) is 0 Å². The lowest BCUT2D eigenvalue weighted by Crippen LogP contribution is -2.43. The molecule has 0 saturated heterocycles. The van der Waals surface area contributed by atoms with Crippen LogP contribution in [0.25, 0.3) is 0 Å². The topological polar surface area (TPSA) is 41.1 Å². The summed E-state index contributed by atoms with van der Waals surface area (Å²) < 4.78 is 0. The molecule has 0 aromatic heterocycles. The van der Waals surface area contributed by atoms with Crippen molar-refractivity contribution in [2.45, 2.75) is 89.1 Å². The minimum absolute atomic E-state index is 0.203. The van der Waals surface area contributed by atoms with Gasteiger partial charge in [-0.2, -0.15) is 0 Å². The van der Waals surface area contributed by atoms with Crippen LogP contribution in [-0.4, -0.2) is 24.5 Å². The Labute approximate surface area is 117 Å². The third-order valence-corrected chi connectivity index (χ3v) is 4.63. The average molecular weight is 266 g/mol. The van der Waals surface area contributed by atoms with Crippen LogP contribution in [0, 0.1) is 0 Å². The van der Waals surface area contributed by atoms with Crippen LogP contribution < -0.4 is 10.6 Å². The SMILES string of the molecule is O=C(CNC1CCCCCCC1)NC1CCCCC1. The van der Waals surface area contributed by atoms with Crippen molar-refractivity contribution in [3.05, 3.63) is 0 Å². The maximum atomic E-state index is 11.9. The van der Waals surface area contributed by atoms with Crippen LogP contribution >= 0.6 is 0 Å². The zero-order chi connectivity index (χ0) is 13.3. The maximum absolute atomic E-state index is 11.9. The van der Waals surface area contributed by atoms with Gasteiger partial charge in [0.1, 0.15) is 0 Å². The molecule has 0 atom stereocenters. The smallest absolute Gasteiger partial charge is 0.234 e. The van der Waals surface area contributed by atoms with E-state index in [0.29, 0.717) is 18.6 Å². The van der Waals surface area contributed by atoms with Gasteiger partial charge in [0.05, 0.1) is 6.54 Å². The molecular formula is C16H30N2O. The summed E-state index contributed by atoms with van der Waals surface area (Å²) in [7, 11) is 0. The quantitative estimate of drug-likeness (QED) is 0.821. The predicted octanol–water partition coefficient (Wildman–Crippen LogP) is 3.14. The minimum Gasteiger partial charge on any atom is -0.352 e. The maximum Gasteiger partial charge on any atom is 0.234 e. The van der Waals surface area contributed by atoms with E-state index in [4.69, 9.17) is 0 Å². The van der Waals surface area contributed by atoms with Crippen molar-refractivity contribution < 1.29 is 4.79 Å². The van der Waals surface area contributed by atoms with Crippen LogP contribution in [0.2, 0.25) is 0 Å². The van der Waals surface area contributed by atoms with E-state index in [-0.39, 0.29) is 5.91 Å². The van der Waals surface area contributed by atoms with Gasteiger partial charge in [0.15, 0.2) is 0 Å². The van der Waals surface area contributed by atoms with E-state index in [0.717, 1.165) is 0 Å². The van der Waals surface area contributed by atoms with E-state index in [2.05, 4.69) is 10.6 Å². The summed E-state index contributed by atoms with van der Waals surface area (Å²) in [4.78, 5) is 11.9. The number of rotatable bonds is 4. The fourth-order valence-electron chi connectivity index (χ4n) is 3.42. The van der Waals surface area contributed by atoms with Crippen molar-refractivity contribution in [1.82, 2.24) is 10.6 Å². The summed E-state index contributed by atoms with van der Waals surface area (Å²) in [5.74, 6) is 0.203. The molecule has 2 aliphatic carbocycles. The highest BCUT2D eigenvalue weighted by molar-refractivity contribution is 5.78. The van der Waals surface area contributed by atoms with Gasteiger partial charge in [-0.05, 0) is 25.7 Å².